The molecule has 0 aliphatic carbocycles. The molecule has 2 aromatic heterocycles. The highest BCUT2D eigenvalue weighted by Gasteiger charge is 2.22. The van der Waals surface area contributed by atoms with Gasteiger partial charge in [0.2, 0.25) is 0 Å². The number of anilines is 1. The fraction of sp³-hybridized carbons (Fsp3) is 0.438. The standard InChI is InChI=1S/C16H20N4O/c1-11(9-13(3)21)14-10-17-20-8-6-15(18-16(14)20)19-7-4-5-12(19)2/h6,8,10,12H,1,4-5,7,9H2,2-3H3/t12-/m0/s1. The number of allylic oxidation sites excluding steroid dienone is 1. The highest BCUT2D eigenvalue weighted by Crippen LogP contribution is 2.26. The minimum atomic E-state index is 0.101. The van der Waals surface area contributed by atoms with Crippen LogP contribution in [0.5, 0.6) is 0 Å². The van der Waals surface area contributed by atoms with Crippen molar-refractivity contribution in [3.63, 3.8) is 0 Å². The Morgan fingerprint density at radius 1 is 1.52 bits per heavy atom. The van der Waals surface area contributed by atoms with E-state index in [1.165, 1.54) is 12.8 Å². The number of aromatic nitrogens is 3. The molecule has 3 heterocycles. The van der Waals surface area contributed by atoms with Crippen LogP contribution in [0.3, 0.4) is 0 Å². The van der Waals surface area contributed by atoms with Crippen molar-refractivity contribution in [2.75, 3.05) is 11.4 Å². The van der Waals surface area contributed by atoms with Gasteiger partial charge in [0.1, 0.15) is 11.6 Å². The molecule has 5 heteroatoms. The number of carbonyl (C=O) groups excluding carboxylic acids is 1. The Bertz CT molecular complexity index is 703. The molecule has 0 unspecified atom stereocenters. The fourth-order valence-electron chi connectivity index (χ4n) is 2.94. The molecule has 1 fully saturated rings. The maximum absolute atomic E-state index is 11.3. The molecule has 2 aromatic rings. The molecule has 0 amide bonds. The van der Waals surface area contributed by atoms with E-state index in [2.05, 4.69) is 23.5 Å². The van der Waals surface area contributed by atoms with Crippen LogP contribution in [-0.2, 0) is 4.79 Å². The third-order valence-corrected chi connectivity index (χ3v) is 4.04. The Balaban J connectivity index is 1.99. The van der Waals surface area contributed by atoms with Crippen LogP contribution in [0.15, 0.2) is 25.0 Å². The number of hydrogen-bond donors (Lipinski definition) is 0. The van der Waals surface area contributed by atoms with Crippen molar-refractivity contribution in [2.45, 2.75) is 39.2 Å². The number of fused-ring (bicyclic) bond motifs is 1. The molecule has 5 nitrogen and oxygen atoms in total. The van der Waals surface area contributed by atoms with Gasteiger partial charge in [-0.1, -0.05) is 6.58 Å². The van der Waals surface area contributed by atoms with Crippen LogP contribution in [0.2, 0.25) is 0 Å². The van der Waals surface area contributed by atoms with Gasteiger partial charge >= 0.3 is 0 Å². The molecule has 0 radical (unpaired) electrons. The quantitative estimate of drug-likeness (QED) is 0.866. The van der Waals surface area contributed by atoms with Gasteiger partial charge in [0, 0.05) is 30.8 Å². The highest BCUT2D eigenvalue weighted by atomic mass is 16.1. The Kier molecular flexibility index (Phi) is 3.49. The highest BCUT2D eigenvalue weighted by molar-refractivity contribution is 5.90. The predicted molar refractivity (Wildman–Crippen MR) is 83.4 cm³/mol. The Morgan fingerprint density at radius 2 is 2.33 bits per heavy atom. The summed E-state index contributed by atoms with van der Waals surface area (Å²) in [7, 11) is 0. The van der Waals surface area contributed by atoms with E-state index in [-0.39, 0.29) is 5.78 Å². The van der Waals surface area contributed by atoms with Crippen LogP contribution >= 0.6 is 0 Å². The van der Waals surface area contributed by atoms with Gasteiger partial charge in [-0.25, -0.2) is 9.50 Å². The molecule has 1 saturated heterocycles. The van der Waals surface area contributed by atoms with Crippen LogP contribution in [0.4, 0.5) is 5.82 Å². The van der Waals surface area contributed by atoms with Crippen molar-refractivity contribution in [1.29, 1.82) is 0 Å². The summed E-state index contributed by atoms with van der Waals surface area (Å²) in [6.45, 7) is 8.84. The SMILES string of the molecule is C=C(CC(C)=O)c1cnn2ccc(N3CCC[C@@H]3C)nc12. The van der Waals surface area contributed by atoms with Crippen molar-refractivity contribution < 1.29 is 4.79 Å². The van der Waals surface area contributed by atoms with Crippen LogP contribution in [0.25, 0.3) is 11.2 Å². The second-order valence-corrected chi connectivity index (χ2v) is 5.78. The first-order valence-corrected chi connectivity index (χ1v) is 7.35. The zero-order valence-corrected chi connectivity index (χ0v) is 12.5. The number of hydrogen-bond acceptors (Lipinski definition) is 4. The monoisotopic (exact) mass is 284 g/mol. The van der Waals surface area contributed by atoms with Crippen LogP contribution in [0.1, 0.15) is 38.7 Å². The lowest BCUT2D eigenvalue weighted by Crippen LogP contribution is -2.27. The zero-order valence-electron chi connectivity index (χ0n) is 12.5. The van der Waals surface area contributed by atoms with Crippen LogP contribution in [-0.4, -0.2) is 33.0 Å². The van der Waals surface area contributed by atoms with Crippen molar-refractivity contribution in [3.05, 3.63) is 30.6 Å². The molecule has 110 valence electrons. The third kappa shape index (κ3) is 2.55. The van der Waals surface area contributed by atoms with Crippen LogP contribution < -0.4 is 4.90 Å². The summed E-state index contributed by atoms with van der Waals surface area (Å²) in [6.07, 6.45) is 6.42. The average Bonchev–Trinajstić information content (AvgIpc) is 3.02. The van der Waals surface area contributed by atoms with Gasteiger partial charge in [0.25, 0.3) is 0 Å². The smallest absolute Gasteiger partial charge is 0.164 e. The molecule has 0 aromatic carbocycles. The van der Waals surface area contributed by atoms with E-state index >= 15 is 0 Å². The number of carbonyl (C=O) groups is 1. The number of rotatable bonds is 4. The lowest BCUT2D eigenvalue weighted by molar-refractivity contribution is -0.116. The predicted octanol–water partition coefficient (Wildman–Crippen LogP) is 2.71. The van der Waals surface area contributed by atoms with Crippen molar-refractivity contribution in [3.8, 4) is 0 Å². The van der Waals surface area contributed by atoms with Crippen molar-refractivity contribution in [1.82, 2.24) is 14.6 Å². The van der Waals surface area contributed by atoms with Crippen molar-refractivity contribution >= 4 is 22.8 Å². The molecule has 0 N–H and O–H groups in total. The minimum Gasteiger partial charge on any atom is -0.354 e. The normalized spacial score (nSPS) is 18.4. The van der Waals surface area contributed by atoms with E-state index < -0.39 is 0 Å². The molecule has 1 atom stereocenters. The van der Waals surface area contributed by atoms with Gasteiger partial charge in [0.15, 0.2) is 5.65 Å². The largest absolute Gasteiger partial charge is 0.354 e. The molecular formula is C16H20N4O. The minimum absolute atomic E-state index is 0.101. The summed E-state index contributed by atoms with van der Waals surface area (Å²) in [5.74, 6) is 1.08. The Labute approximate surface area is 124 Å². The lowest BCUT2D eigenvalue weighted by atomic mass is 10.1. The molecule has 1 aliphatic heterocycles. The van der Waals surface area contributed by atoms with Crippen LogP contribution in [0, 0.1) is 0 Å². The van der Waals surface area contributed by atoms with Gasteiger partial charge < -0.3 is 4.90 Å². The molecule has 0 saturated carbocycles. The summed E-state index contributed by atoms with van der Waals surface area (Å²) in [6, 6.07) is 2.52. The molecule has 0 spiro atoms. The third-order valence-electron chi connectivity index (χ3n) is 4.04. The van der Waals surface area contributed by atoms with Gasteiger partial charge in [0.05, 0.1) is 6.20 Å². The molecule has 1 aliphatic rings. The topological polar surface area (TPSA) is 50.5 Å². The summed E-state index contributed by atoms with van der Waals surface area (Å²) in [5.41, 5.74) is 2.41. The number of nitrogens with zero attached hydrogens (tertiary/aromatic N) is 4. The lowest BCUT2D eigenvalue weighted by Gasteiger charge is -2.22. The Morgan fingerprint density at radius 3 is 3.00 bits per heavy atom. The second-order valence-electron chi connectivity index (χ2n) is 5.78. The summed E-state index contributed by atoms with van der Waals surface area (Å²) in [5, 5.41) is 4.30. The summed E-state index contributed by atoms with van der Waals surface area (Å²) >= 11 is 0. The maximum atomic E-state index is 11.3. The van der Waals surface area contributed by atoms with E-state index in [4.69, 9.17) is 4.98 Å². The first-order valence-electron chi connectivity index (χ1n) is 7.35. The van der Waals surface area contributed by atoms with E-state index in [1.54, 1.807) is 17.6 Å². The first-order chi connectivity index (χ1) is 10.1. The second kappa shape index (κ2) is 5.31. The Hall–Kier alpha value is -2.17. The van der Waals surface area contributed by atoms with Gasteiger partial charge in [-0.3, -0.25) is 4.79 Å². The fourth-order valence-corrected chi connectivity index (χ4v) is 2.94. The van der Waals surface area contributed by atoms with E-state index in [1.807, 2.05) is 12.3 Å². The number of ketones is 1. The van der Waals surface area contributed by atoms with Gasteiger partial charge in [-0.2, -0.15) is 5.10 Å². The van der Waals surface area contributed by atoms with Crippen molar-refractivity contribution in [2.24, 2.45) is 0 Å². The molecule has 21 heavy (non-hydrogen) atoms. The first kappa shape index (κ1) is 13.8. The molecule has 0 bridgehead atoms. The zero-order chi connectivity index (χ0) is 15.0. The van der Waals surface area contributed by atoms with Gasteiger partial charge in [-0.05, 0) is 38.3 Å². The van der Waals surface area contributed by atoms with E-state index in [9.17, 15) is 4.79 Å². The molecular weight excluding hydrogens is 264 g/mol. The van der Waals surface area contributed by atoms with E-state index in [0.29, 0.717) is 12.5 Å². The van der Waals surface area contributed by atoms with Gasteiger partial charge in [-0.15, -0.1) is 0 Å². The number of Topliss-reactive ketones (excluding diaryl/α,β-unsaturated/α-hetero) is 1. The molecule has 3 rings (SSSR count). The summed E-state index contributed by atoms with van der Waals surface area (Å²) < 4.78 is 1.74. The summed E-state index contributed by atoms with van der Waals surface area (Å²) in [4.78, 5) is 18.4. The van der Waals surface area contributed by atoms with E-state index in [0.717, 1.165) is 29.1 Å². The maximum Gasteiger partial charge on any atom is 0.164 e. The average molecular weight is 284 g/mol.